The van der Waals surface area contributed by atoms with Crippen molar-refractivity contribution in [2.24, 2.45) is 0 Å². The summed E-state index contributed by atoms with van der Waals surface area (Å²) in [4.78, 5) is 16.0. The topological polar surface area (TPSA) is 77.2 Å². The Morgan fingerprint density at radius 2 is 2.10 bits per heavy atom. The van der Waals surface area contributed by atoms with Gasteiger partial charge in [0.15, 0.2) is 0 Å². The predicted molar refractivity (Wildman–Crippen MR) is 82.4 cm³/mol. The Hall–Kier alpha value is -2.56. The maximum absolute atomic E-state index is 12.0. The van der Waals surface area contributed by atoms with Gasteiger partial charge in [-0.15, -0.1) is 0 Å². The molecule has 0 unspecified atom stereocenters. The van der Waals surface area contributed by atoms with E-state index in [9.17, 15) is 4.79 Å². The third kappa shape index (κ3) is 4.49. The van der Waals surface area contributed by atoms with Crippen molar-refractivity contribution in [2.45, 2.75) is 13.8 Å². The second-order valence-corrected chi connectivity index (χ2v) is 4.84. The number of anilines is 1. The monoisotopic (exact) mass is 285 g/mol. The number of amides is 1. The molecule has 5 heteroatoms. The SMILES string of the molecule is Cc1cccc(OCCNC(=O)c2cc(C)nc(N)c2)c1. The molecule has 0 saturated carbocycles. The number of carbonyl (C=O) groups excluding carboxylic acids is 1. The van der Waals surface area contributed by atoms with Gasteiger partial charge in [0.25, 0.3) is 5.91 Å². The van der Waals surface area contributed by atoms with Gasteiger partial charge in [-0.05, 0) is 43.7 Å². The van der Waals surface area contributed by atoms with Crippen LogP contribution in [0.1, 0.15) is 21.6 Å². The van der Waals surface area contributed by atoms with Crippen molar-refractivity contribution in [2.75, 3.05) is 18.9 Å². The van der Waals surface area contributed by atoms with Gasteiger partial charge >= 0.3 is 0 Å². The van der Waals surface area contributed by atoms with Crippen molar-refractivity contribution in [1.82, 2.24) is 10.3 Å². The van der Waals surface area contributed by atoms with E-state index in [-0.39, 0.29) is 5.91 Å². The van der Waals surface area contributed by atoms with Crippen LogP contribution in [0, 0.1) is 13.8 Å². The molecule has 21 heavy (non-hydrogen) atoms. The highest BCUT2D eigenvalue weighted by Crippen LogP contribution is 2.12. The highest BCUT2D eigenvalue weighted by Gasteiger charge is 2.07. The first-order valence-electron chi connectivity index (χ1n) is 6.76. The summed E-state index contributed by atoms with van der Waals surface area (Å²) in [5.74, 6) is 0.962. The van der Waals surface area contributed by atoms with E-state index in [1.165, 1.54) is 0 Å². The largest absolute Gasteiger partial charge is 0.492 e. The van der Waals surface area contributed by atoms with Crippen LogP contribution in [-0.2, 0) is 0 Å². The lowest BCUT2D eigenvalue weighted by Gasteiger charge is -2.09. The fraction of sp³-hybridized carbons (Fsp3) is 0.250. The van der Waals surface area contributed by atoms with E-state index in [0.29, 0.717) is 24.5 Å². The molecular formula is C16H19N3O2. The molecule has 3 N–H and O–H groups in total. The number of rotatable bonds is 5. The minimum Gasteiger partial charge on any atom is -0.492 e. The van der Waals surface area contributed by atoms with Crippen LogP contribution in [0.15, 0.2) is 36.4 Å². The van der Waals surface area contributed by atoms with E-state index >= 15 is 0 Å². The summed E-state index contributed by atoms with van der Waals surface area (Å²) in [6.07, 6.45) is 0. The molecule has 0 aliphatic heterocycles. The van der Waals surface area contributed by atoms with Crippen molar-refractivity contribution in [3.05, 3.63) is 53.2 Å². The zero-order valence-electron chi connectivity index (χ0n) is 12.2. The molecule has 0 radical (unpaired) electrons. The number of pyridine rings is 1. The molecular weight excluding hydrogens is 266 g/mol. The number of nitrogens with zero attached hydrogens (tertiary/aromatic N) is 1. The Labute approximate surface area is 124 Å². The van der Waals surface area contributed by atoms with Gasteiger partial charge < -0.3 is 15.8 Å². The van der Waals surface area contributed by atoms with Crippen LogP contribution in [0.5, 0.6) is 5.75 Å². The fourth-order valence-corrected chi connectivity index (χ4v) is 1.97. The van der Waals surface area contributed by atoms with Crippen LogP contribution in [0.2, 0.25) is 0 Å². The van der Waals surface area contributed by atoms with E-state index in [4.69, 9.17) is 10.5 Å². The lowest BCUT2D eigenvalue weighted by Crippen LogP contribution is -2.28. The number of aromatic nitrogens is 1. The van der Waals surface area contributed by atoms with Crippen molar-refractivity contribution in [1.29, 1.82) is 0 Å². The molecule has 1 aromatic heterocycles. The van der Waals surface area contributed by atoms with Gasteiger partial charge in [0.05, 0.1) is 6.54 Å². The van der Waals surface area contributed by atoms with Crippen LogP contribution >= 0.6 is 0 Å². The average molecular weight is 285 g/mol. The summed E-state index contributed by atoms with van der Waals surface area (Å²) in [7, 11) is 0. The first-order chi connectivity index (χ1) is 10.0. The molecule has 0 atom stereocenters. The van der Waals surface area contributed by atoms with Gasteiger partial charge in [-0.3, -0.25) is 4.79 Å². The first-order valence-corrected chi connectivity index (χ1v) is 6.76. The van der Waals surface area contributed by atoms with Gasteiger partial charge in [0, 0.05) is 11.3 Å². The Kier molecular flexibility index (Phi) is 4.77. The second-order valence-electron chi connectivity index (χ2n) is 4.84. The number of hydrogen-bond acceptors (Lipinski definition) is 4. The summed E-state index contributed by atoms with van der Waals surface area (Å²) >= 11 is 0. The van der Waals surface area contributed by atoms with Gasteiger partial charge in [0.1, 0.15) is 18.2 Å². The third-order valence-corrected chi connectivity index (χ3v) is 2.88. The number of hydrogen-bond donors (Lipinski definition) is 2. The van der Waals surface area contributed by atoms with Crippen LogP contribution in [-0.4, -0.2) is 24.0 Å². The standard InChI is InChI=1S/C16H19N3O2/c1-11-4-3-5-14(8-11)21-7-6-18-16(20)13-9-12(2)19-15(17)10-13/h3-5,8-10H,6-7H2,1-2H3,(H2,17,19)(H,18,20). The van der Waals surface area contributed by atoms with Crippen LogP contribution in [0.3, 0.4) is 0 Å². The summed E-state index contributed by atoms with van der Waals surface area (Å²) in [5, 5.41) is 2.79. The molecule has 2 rings (SSSR count). The van der Waals surface area contributed by atoms with E-state index in [0.717, 1.165) is 17.0 Å². The molecule has 1 aromatic carbocycles. The number of nitrogens with two attached hydrogens (primary N) is 1. The zero-order chi connectivity index (χ0) is 15.2. The highest BCUT2D eigenvalue weighted by atomic mass is 16.5. The smallest absolute Gasteiger partial charge is 0.251 e. The quantitative estimate of drug-likeness (QED) is 0.825. The average Bonchev–Trinajstić information content (AvgIpc) is 2.42. The van der Waals surface area contributed by atoms with Gasteiger partial charge in [-0.25, -0.2) is 4.98 Å². The molecule has 0 bridgehead atoms. The molecule has 110 valence electrons. The van der Waals surface area contributed by atoms with Crippen LogP contribution < -0.4 is 15.8 Å². The second kappa shape index (κ2) is 6.74. The molecule has 0 spiro atoms. The lowest BCUT2D eigenvalue weighted by atomic mass is 10.2. The maximum Gasteiger partial charge on any atom is 0.251 e. The first kappa shape index (κ1) is 14.8. The van der Waals surface area contributed by atoms with E-state index in [1.54, 1.807) is 19.1 Å². The predicted octanol–water partition coefficient (Wildman–Crippen LogP) is 2.09. The highest BCUT2D eigenvalue weighted by molar-refractivity contribution is 5.94. The van der Waals surface area contributed by atoms with E-state index in [1.807, 2.05) is 31.2 Å². The molecule has 0 aliphatic carbocycles. The minimum atomic E-state index is -0.181. The Bertz CT molecular complexity index is 621. The van der Waals surface area contributed by atoms with Crippen molar-refractivity contribution < 1.29 is 9.53 Å². The third-order valence-electron chi connectivity index (χ3n) is 2.88. The fourth-order valence-electron chi connectivity index (χ4n) is 1.97. The Morgan fingerprint density at radius 1 is 1.29 bits per heavy atom. The van der Waals surface area contributed by atoms with E-state index < -0.39 is 0 Å². The molecule has 0 aliphatic rings. The maximum atomic E-state index is 12.0. The van der Waals surface area contributed by atoms with Crippen molar-refractivity contribution in [3.8, 4) is 5.75 Å². The Balaban J connectivity index is 1.82. The molecule has 2 aromatic rings. The number of ether oxygens (including phenoxy) is 1. The van der Waals surface area contributed by atoms with Crippen LogP contribution in [0.25, 0.3) is 0 Å². The van der Waals surface area contributed by atoms with E-state index in [2.05, 4.69) is 10.3 Å². The van der Waals surface area contributed by atoms with Crippen molar-refractivity contribution >= 4 is 11.7 Å². The Morgan fingerprint density at radius 3 is 2.81 bits per heavy atom. The van der Waals surface area contributed by atoms with Gasteiger partial charge in [0.2, 0.25) is 0 Å². The molecule has 1 heterocycles. The number of benzene rings is 1. The summed E-state index contributed by atoms with van der Waals surface area (Å²) in [6.45, 7) is 4.64. The minimum absolute atomic E-state index is 0.181. The summed E-state index contributed by atoms with van der Waals surface area (Å²) in [5.41, 5.74) is 7.99. The molecule has 1 amide bonds. The molecule has 0 saturated heterocycles. The summed E-state index contributed by atoms with van der Waals surface area (Å²) < 4.78 is 5.57. The van der Waals surface area contributed by atoms with Gasteiger partial charge in [-0.1, -0.05) is 12.1 Å². The number of nitrogen functional groups attached to an aromatic ring is 1. The summed E-state index contributed by atoms with van der Waals surface area (Å²) in [6, 6.07) is 11.0. The van der Waals surface area contributed by atoms with Crippen LogP contribution in [0.4, 0.5) is 5.82 Å². The van der Waals surface area contributed by atoms with Gasteiger partial charge in [-0.2, -0.15) is 0 Å². The number of aryl methyl sites for hydroxylation is 2. The molecule has 0 fully saturated rings. The zero-order valence-corrected chi connectivity index (χ0v) is 12.2. The molecule has 5 nitrogen and oxygen atoms in total. The normalized spacial score (nSPS) is 10.2. The van der Waals surface area contributed by atoms with Crippen molar-refractivity contribution in [3.63, 3.8) is 0 Å². The number of nitrogens with one attached hydrogen (secondary N) is 1. The lowest BCUT2D eigenvalue weighted by molar-refractivity contribution is 0.0947. The number of carbonyl (C=O) groups is 1.